The van der Waals surface area contributed by atoms with Crippen molar-refractivity contribution in [3.8, 4) is 0 Å². The standard InChI is InChI=1S/C10H5BrS2/c11-6-1-2-8-7(5-6)10-9(13-8)3-4-12-10/h1-5H. The lowest BCUT2D eigenvalue weighted by Crippen LogP contribution is -1.62. The number of hydrogen-bond acceptors (Lipinski definition) is 2. The van der Waals surface area contributed by atoms with Crippen LogP contribution in [0.25, 0.3) is 19.5 Å². The van der Waals surface area contributed by atoms with Crippen LogP contribution in [0.2, 0.25) is 0 Å². The van der Waals surface area contributed by atoms with Gasteiger partial charge in [0.25, 0.3) is 0 Å². The lowest BCUT2D eigenvalue weighted by atomic mass is 10.2. The molecule has 0 atom stereocenters. The Hall–Kier alpha value is -0.380. The molecular weight excluding hydrogens is 264 g/mol. The van der Waals surface area contributed by atoms with Crippen molar-refractivity contribution in [1.82, 2.24) is 0 Å². The van der Waals surface area contributed by atoms with Crippen LogP contribution in [0.4, 0.5) is 0 Å². The summed E-state index contributed by atoms with van der Waals surface area (Å²) < 4.78 is 5.36. The molecule has 0 amide bonds. The molecule has 0 bridgehead atoms. The van der Waals surface area contributed by atoms with Gasteiger partial charge >= 0.3 is 0 Å². The van der Waals surface area contributed by atoms with E-state index >= 15 is 0 Å². The van der Waals surface area contributed by atoms with Gasteiger partial charge in [-0.05, 0) is 29.6 Å². The molecule has 0 radical (unpaired) electrons. The molecule has 3 aromatic rings. The minimum atomic E-state index is 1.16. The van der Waals surface area contributed by atoms with Gasteiger partial charge in [-0.25, -0.2) is 0 Å². The first-order valence-corrected chi connectivity index (χ1v) is 6.39. The third-order valence-electron chi connectivity index (χ3n) is 2.04. The van der Waals surface area contributed by atoms with E-state index in [2.05, 4.69) is 45.6 Å². The van der Waals surface area contributed by atoms with Crippen LogP contribution in [0, 0.1) is 0 Å². The monoisotopic (exact) mass is 268 g/mol. The average molecular weight is 269 g/mol. The summed E-state index contributed by atoms with van der Waals surface area (Å²) in [4.78, 5) is 0. The Bertz CT molecular complexity index is 577. The quantitative estimate of drug-likeness (QED) is 0.545. The fraction of sp³-hybridized carbons (Fsp3) is 0. The van der Waals surface area contributed by atoms with Crippen LogP contribution in [-0.2, 0) is 0 Å². The first kappa shape index (κ1) is 7.97. The molecule has 13 heavy (non-hydrogen) atoms. The maximum Gasteiger partial charge on any atom is 0.0529 e. The van der Waals surface area contributed by atoms with Crippen molar-refractivity contribution in [2.24, 2.45) is 0 Å². The first-order valence-electron chi connectivity index (χ1n) is 3.90. The summed E-state index contributed by atoms with van der Waals surface area (Å²) in [7, 11) is 0. The predicted molar refractivity (Wildman–Crippen MR) is 64.9 cm³/mol. The third kappa shape index (κ3) is 1.15. The Kier molecular flexibility index (Phi) is 1.72. The van der Waals surface area contributed by atoms with Gasteiger partial charge in [0, 0.05) is 19.3 Å². The smallest absolute Gasteiger partial charge is 0.0529 e. The van der Waals surface area contributed by atoms with Crippen molar-refractivity contribution in [2.45, 2.75) is 0 Å². The highest BCUT2D eigenvalue weighted by atomic mass is 79.9. The molecule has 1 aromatic carbocycles. The van der Waals surface area contributed by atoms with Crippen molar-refractivity contribution in [3.63, 3.8) is 0 Å². The van der Waals surface area contributed by atoms with E-state index in [1.807, 2.05) is 22.7 Å². The molecule has 0 aliphatic heterocycles. The average Bonchev–Trinajstić information content (AvgIpc) is 2.64. The molecule has 2 aromatic heterocycles. The number of thiophene rings is 2. The molecule has 0 N–H and O–H groups in total. The minimum absolute atomic E-state index is 1.16. The Morgan fingerprint density at radius 1 is 1.08 bits per heavy atom. The maximum atomic E-state index is 3.50. The number of rotatable bonds is 0. The highest BCUT2D eigenvalue weighted by molar-refractivity contribution is 9.10. The number of benzene rings is 1. The van der Waals surface area contributed by atoms with Crippen molar-refractivity contribution in [1.29, 1.82) is 0 Å². The van der Waals surface area contributed by atoms with Crippen LogP contribution in [0.1, 0.15) is 0 Å². The SMILES string of the molecule is Brc1ccc2sc3ccsc3c2c1. The third-order valence-corrected chi connectivity index (χ3v) is 4.74. The normalized spacial score (nSPS) is 11.5. The molecule has 0 unspecified atom stereocenters. The summed E-state index contributed by atoms with van der Waals surface area (Å²) in [6.45, 7) is 0. The van der Waals surface area contributed by atoms with Crippen LogP contribution in [0.3, 0.4) is 0 Å². The predicted octanol–water partition coefficient (Wildman–Crippen LogP) is 4.88. The number of halogens is 1. The summed E-state index contributed by atoms with van der Waals surface area (Å²) in [6, 6.07) is 8.67. The largest absolute Gasteiger partial charge is 0.142 e. The maximum absolute atomic E-state index is 3.50. The summed E-state index contributed by atoms with van der Waals surface area (Å²) in [5.74, 6) is 0. The van der Waals surface area contributed by atoms with Gasteiger partial charge in [0.1, 0.15) is 0 Å². The molecule has 0 aliphatic carbocycles. The topological polar surface area (TPSA) is 0 Å². The van der Waals surface area contributed by atoms with E-state index in [0.29, 0.717) is 0 Å². The molecule has 64 valence electrons. The zero-order valence-corrected chi connectivity index (χ0v) is 9.80. The Balaban J connectivity index is 2.61. The van der Waals surface area contributed by atoms with E-state index in [9.17, 15) is 0 Å². The van der Waals surface area contributed by atoms with Gasteiger partial charge in [-0.2, -0.15) is 0 Å². The highest BCUT2D eigenvalue weighted by Crippen LogP contribution is 2.38. The van der Waals surface area contributed by atoms with Gasteiger partial charge in [0.2, 0.25) is 0 Å². The number of hydrogen-bond donors (Lipinski definition) is 0. The van der Waals surface area contributed by atoms with E-state index in [1.54, 1.807) is 0 Å². The van der Waals surface area contributed by atoms with E-state index in [1.165, 1.54) is 19.5 Å². The Labute approximate surface area is 91.9 Å². The summed E-state index contributed by atoms with van der Waals surface area (Å²) in [6.07, 6.45) is 0. The molecule has 2 heterocycles. The van der Waals surface area contributed by atoms with Gasteiger partial charge < -0.3 is 0 Å². The minimum Gasteiger partial charge on any atom is -0.142 e. The second kappa shape index (κ2) is 2.80. The summed E-state index contributed by atoms with van der Waals surface area (Å²) in [5.41, 5.74) is 0. The molecule has 0 aliphatic rings. The number of fused-ring (bicyclic) bond motifs is 3. The molecule has 0 nitrogen and oxygen atoms in total. The fourth-order valence-electron chi connectivity index (χ4n) is 1.46. The van der Waals surface area contributed by atoms with Crippen molar-refractivity contribution < 1.29 is 0 Å². The Morgan fingerprint density at radius 3 is 2.92 bits per heavy atom. The van der Waals surface area contributed by atoms with E-state index < -0.39 is 0 Å². The summed E-state index contributed by atoms with van der Waals surface area (Å²) in [5, 5.41) is 3.53. The lowest BCUT2D eigenvalue weighted by Gasteiger charge is -1.89. The molecule has 0 spiro atoms. The second-order valence-corrected chi connectivity index (χ2v) is 5.77. The van der Waals surface area contributed by atoms with Gasteiger partial charge in [-0.3, -0.25) is 0 Å². The molecule has 0 saturated carbocycles. The van der Waals surface area contributed by atoms with Crippen molar-refractivity contribution >= 4 is 58.1 Å². The van der Waals surface area contributed by atoms with Crippen molar-refractivity contribution in [2.75, 3.05) is 0 Å². The van der Waals surface area contributed by atoms with Gasteiger partial charge in [0.05, 0.1) is 4.70 Å². The highest BCUT2D eigenvalue weighted by Gasteiger charge is 2.05. The molecule has 3 rings (SSSR count). The van der Waals surface area contributed by atoms with Crippen LogP contribution in [-0.4, -0.2) is 0 Å². The van der Waals surface area contributed by atoms with Crippen LogP contribution in [0.5, 0.6) is 0 Å². The van der Waals surface area contributed by atoms with Crippen LogP contribution in [0.15, 0.2) is 34.1 Å². The zero-order valence-electron chi connectivity index (χ0n) is 6.58. The lowest BCUT2D eigenvalue weighted by molar-refractivity contribution is 1.78. The van der Waals surface area contributed by atoms with Gasteiger partial charge in [-0.15, -0.1) is 22.7 Å². The molecule has 0 saturated heterocycles. The Morgan fingerprint density at radius 2 is 2.00 bits per heavy atom. The molecule has 3 heteroatoms. The van der Waals surface area contributed by atoms with E-state index in [4.69, 9.17) is 0 Å². The van der Waals surface area contributed by atoms with E-state index in [0.717, 1.165) is 4.47 Å². The fourth-order valence-corrected chi connectivity index (χ4v) is 4.05. The van der Waals surface area contributed by atoms with Gasteiger partial charge in [0.15, 0.2) is 0 Å². The first-order chi connectivity index (χ1) is 6.34. The van der Waals surface area contributed by atoms with Crippen LogP contribution < -0.4 is 0 Å². The van der Waals surface area contributed by atoms with Crippen LogP contribution >= 0.6 is 38.6 Å². The zero-order chi connectivity index (χ0) is 8.84. The summed E-state index contributed by atoms with van der Waals surface area (Å²) >= 11 is 7.19. The second-order valence-electron chi connectivity index (χ2n) is 2.86. The molecule has 0 fully saturated rings. The van der Waals surface area contributed by atoms with E-state index in [-0.39, 0.29) is 0 Å². The molecular formula is C10H5BrS2. The van der Waals surface area contributed by atoms with Gasteiger partial charge in [-0.1, -0.05) is 15.9 Å². The van der Waals surface area contributed by atoms with Crippen molar-refractivity contribution in [3.05, 3.63) is 34.1 Å².